The average molecular weight is 355 g/mol. The van der Waals surface area contributed by atoms with E-state index >= 15 is 0 Å². The summed E-state index contributed by atoms with van der Waals surface area (Å²) in [5.74, 6) is -1.35. The van der Waals surface area contributed by atoms with E-state index in [9.17, 15) is 14.7 Å². The van der Waals surface area contributed by atoms with Crippen LogP contribution in [0.1, 0.15) is 18.2 Å². The van der Waals surface area contributed by atoms with Gasteiger partial charge in [-0.2, -0.15) is 0 Å². The first-order chi connectivity index (χ1) is 12.5. The van der Waals surface area contributed by atoms with Crippen molar-refractivity contribution < 1.29 is 24.2 Å². The number of hydrogen-bond acceptors (Lipinski definition) is 5. The van der Waals surface area contributed by atoms with Gasteiger partial charge in [0.15, 0.2) is 5.78 Å². The molecule has 0 saturated carbocycles. The third kappa shape index (κ3) is 5.37. The van der Waals surface area contributed by atoms with Crippen molar-refractivity contribution in [2.24, 2.45) is 0 Å². The zero-order valence-electron chi connectivity index (χ0n) is 14.7. The highest BCUT2D eigenvalue weighted by Crippen LogP contribution is 2.14. The number of ketones is 1. The quantitative estimate of drug-likeness (QED) is 0.447. The van der Waals surface area contributed by atoms with Crippen LogP contribution in [0, 0.1) is 0 Å². The number of carbonyl (C=O) groups is 2. The molecule has 6 heteroatoms. The monoisotopic (exact) mass is 355 g/mol. The topological polar surface area (TPSA) is 77.8 Å². The van der Waals surface area contributed by atoms with Gasteiger partial charge in [0, 0.05) is 24.5 Å². The van der Waals surface area contributed by atoms with Crippen LogP contribution in [-0.2, 0) is 20.9 Å². The van der Waals surface area contributed by atoms with E-state index in [0.29, 0.717) is 6.54 Å². The molecule has 0 amide bonds. The molecule has 1 N–H and O–H groups in total. The molecule has 0 aliphatic carbocycles. The van der Waals surface area contributed by atoms with E-state index in [1.165, 1.54) is 6.08 Å². The second kappa shape index (κ2) is 9.27. The maximum absolute atomic E-state index is 11.8. The van der Waals surface area contributed by atoms with E-state index in [1.807, 2.05) is 47.2 Å². The summed E-state index contributed by atoms with van der Waals surface area (Å²) in [6.07, 6.45) is 5.65. The molecule has 0 atom stereocenters. The number of hydrogen-bond donors (Lipinski definition) is 1. The van der Waals surface area contributed by atoms with Gasteiger partial charge in [0.05, 0.1) is 13.7 Å². The Labute approximate surface area is 152 Å². The van der Waals surface area contributed by atoms with Crippen LogP contribution < -0.4 is 4.74 Å². The maximum atomic E-state index is 11.8. The second-order valence-corrected chi connectivity index (χ2v) is 5.39. The Morgan fingerprint density at radius 3 is 2.58 bits per heavy atom. The van der Waals surface area contributed by atoms with Crippen molar-refractivity contribution in [2.75, 3.05) is 13.7 Å². The molecule has 1 aromatic heterocycles. The van der Waals surface area contributed by atoms with Gasteiger partial charge in [-0.15, -0.1) is 0 Å². The van der Waals surface area contributed by atoms with Gasteiger partial charge in [-0.05, 0) is 48.9 Å². The van der Waals surface area contributed by atoms with Gasteiger partial charge in [-0.25, -0.2) is 4.79 Å². The van der Waals surface area contributed by atoms with Crippen molar-refractivity contribution in [3.8, 4) is 5.75 Å². The third-order valence-electron chi connectivity index (χ3n) is 3.56. The average Bonchev–Trinajstić information content (AvgIpc) is 3.07. The fourth-order valence-corrected chi connectivity index (χ4v) is 2.26. The Morgan fingerprint density at radius 2 is 1.92 bits per heavy atom. The lowest BCUT2D eigenvalue weighted by Crippen LogP contribution is -2.08. The highest BCUT2D eigenvalue weighted by atomic mass is 16.5. The molecule has 1 heterocycles. The molecule has 0 radical (unpaired) electrons. The van der Waals surface area contributed by atoms with Crippen LogP contribution in [0.15, 0.2) is 60.5 Å². The molecular formula is C20H21NO5. The lowest BCUT2D eigenvalue weighted by molar-refractivity contribution is -0.141. The molecule has 136 valence electrons. The van der Waals surface area contributed by atoms with Crippen LogP contribution in [0.25, 0.3) is 6.08 Å². The molecule has 6 nitrogen and oxygen atoms in total. The first kappa shape index (κ1) is 19.1. The molecule has 0 fully saturated rings. The minimum Gasteiger partial charge on any atom is -0.502 e. The van der Waals surface area contributed by atoms with Crippen molar-refractivity contribution in [3.63, 3.8) is 0 Å². The van der Waals surface area contributed by atoms with Crippen LogP contribution >= 0.6 is 0 Å². The Balaban J connectivity index is 2.05. The van der Waals surface area contributed by atoms with Crippen LogP contribution in [0.2, 0.25) is 0 Å². The highest BCUT2D eigenvalue weighted by Gasteiger charge is 2.09. The number of aliphatic hydroxyl groups excluding tert-OH is 1. The van der Waals surface area contributed by atoms with Crippen molar-refractivity contribution in [2.45, 2.75) is 13.5 Å². The fourth-order valence-electron chi connectivity index (χ4n) is 2.26. The Bertz CT molecular complexity index is 815. The lowest BCUT2D eigenvalue weighted by Gasteiger charge is -2.07. The maximum Gasteiger partial charge on any atom is 0.373 e. The number of benzene rings is 1. The molecule has 1 aromatic carbocycles. The van der Waals surface area contributed by atoms with Gasteiger partial charge in [-0.1, -0.05) is 12.1 Å². The van der Waals surface area contributed by atoms with Gasteiger partial charge in [0.1, 0.15) is 5.75 Å². The van der Waals surface area contributed by atoms with Crippen LogP contribution in [0.3, 0.4) is 0 Å². The third-order valence-corrected chi connectivity index (χ3v) is 3.56. The summed E-state index contributed by atoms with van der Waals surface area (Å²) in [4.78, 5) is 23.1. The summed E-state index contributed by atoms with van der Waals surface area (Å²) in [7, 11) is 1.62. The predicted molar refractivity (Wildman–Crippen MR) is 97.9 cm³/mol. The van der Waals surface area contributed by atoms with E-state index < -0.39 is 17.5 Å². The number of ether oxygens (including phenoxy) is 2. The summed E-state index contributed by atoms with van der Waals surface area (Å²) in [5.41, 5.74) is 1.90. The molecular weight excluding hydrogens is 334 g/mol. The standard InChI is InChI=1S/C20H21NO5/c1-3-26-20(24)19(23)13-17(22)9-8-16-5-4-12-21(16)14-15-6-10-18(25-2)11-7-15/h4-13,23H,3,14H2,1-2H3/b9-8+,19-13-. The summed E-state index contributed by atoms with van der Waals surface area (Å²) >= 11 is 0. The minimum atomic E-state index is -0.919. The van der Waals surface area contributed by atoms with E-state index in [4.69, 9.17) is 4.74 Å². The van der Waals surface area contributed by atoms with Crippen molar-refractivity contribution >= 4 is 17.8 Å². The van der Waals surface area contributed by atoms with E-state index in [0.717, 1.165) is 23.1 Å². The smallest absolute Gasteiger partial charge is 0.373 e. The lowest BCUT2D eigenvalue weighted by atomic mass is 10.2. The van der Waals surface area contributed by atoms with E-state index in [2.05, 4.69) is 4.74 Å². The SMILES string of the molecule is CCOC(=O)/C(O)=C/C(=O)/C=C/c1cccn1Cc1ccc(OC)cc1. The van der Waals surface area contributed by atoms with E-state index in [1.54, 1.807) is 20.1 Å². The molecule has 26 heavy (non-hydrogen) atoms. The number of allylic oxidation sites excluding steroid dienone is 2. The first-order valence-corrected chi connectivity index (χ1v) is 8.11. The summed E-state index contributed by atoms with van der Waals surface area (Å²) in [6.45, 7) is 2.37. The molecule has 0 bridgehead atoms. The second-order valence-electron chi connectivity index (χ2n) is 5.39. The van der Waals surface area contributed by atoms with Gasteiger partial charge in [0.2, 0.25) is 5.76 Å². The molecule has 0 saturated heterocycles. The highest BCUT2D eigenvalue weighted by molar-refractivity contribution is 6.05. The molecule has 2 rings (SSSR count). The zero-order chi connectivity index (χ0) is 18.9. The largest absolute Gasteiger partial charge is 0.502 e. The molecule has 0 unspecified atom stereocenters. The Kier molecular flexibility index (Phi) is 6.79. The number of nitrogens with zero attached hydrogens (tertiary/aromatic N) is 1. The number of carbonyl (C=O) groups excluding carboxylic acids is 2. The molecule has 0 aliphatic rings. The Morgan fingerprint density at radius 1 is 1.19 bits per heavy atom. The summed E-state index contributed by atoms with van der Waals surface area (Å²) in [6, 6.07) is 11.5. The normalized spacial score (nSPS) is 11.5. The summed E-state index contributed by atoms with van der Waals surface area (Å²) in [5, 5.41) is 9.48. The van der Waals surface area contributed by atoms with Gasteiger partial charge in [-0.3, -0.25) is 4.79 Å². The van der Waals surface area contributed by atoms with Crippen LogP contribution in [0.4, 0.5) is 0 Å². The minimum absolute atomic E-state index is 0.125. The summed E-state index contributed by atoms with van der Waals surface area (Å²) < 4.78 is 11.7. The number of aromatic nitrogens is 1. The van der Waals surface area contributed by atoms with Gasteiger partial charge in [0.25, 0.3) is 0 Å². The van der Waals surface area contributed by atoms with Gasteiger partial charge < -0.3 is 19.1 Å². The number of rotatable bonds is 8. The van der Waals surface area contributed by atoms with E-state index in [-0.39, 0.29) is 6.61 Å². The predicted octanol–water partition coefficient (Wildman–Crippen LogP) is 3.13. The Hall–Kier alpha value is -3.28. The molecule has 0 spiro atoms. The van der Waals surface area contributed by atoms with Crippen molar-refractivity contribution in [1.29, 1.82) is 0 Å². The number of aliphatic hydroxyl groups is 1. The molecule has 0 aliphatic heterocycles. The van der Waals surface area contributed by atoms with Crippen LogP contribution in [-0.4, -0.2) is 35.1 Å². The fraction of sp³-hybridized carbons (Fsp3) is 0.200. The zero-order valence-corrected chi connectivity index (χ0v) is 14.7. The molecule has 2 aromatic rings. The van der Waals surface area contributed by atoms with Crippen molar-refractivity contribution in [3.05, 3.63) is 71.8 Å². The first-order valence-electron chi connectivity index (χ1n) is 8.11. The van der Waals surface area contributed by atoms with Crippen molar-refractivity contribution in [1.82, 2.24) is 4.57 Å². The number of esters is 1. The number of methoxy groups -OCH3 is 1. The van der Waals surface area contributed by atoms with Crippen LogP contribution in [0.5, 0.6) is 5.75 Å². The van der Waals surface area contributed by atoms with Gasteiger partial charge >= 0.3 is 5.97 Å².